The zero-order chi connectivity index (χ0) is 18.9. The van der Waals surface area contributed by atoms with Gasteiger partial charge < -0.3 is 9.64 Å². The van der Waals surface area contributed by atoms with Gasteiger partial charge in [-0.3, -0.25) is 0 Å². The van der Waals surface area contributed by atoms with Crippen molar-refractivity contribution in [3.05, 3.63) is 47.4 Å². The lowest BCUT2D eigenvalue weighted by atomic mass is 9.97. The highest BCUT2D eigenvalue weighted by molar-refractivity contribution is 5.87. The SMILES string of the molecule is C=N/N=C(/CC1CC1(F)F)N1C=CC(c2ccc(OC)c(F)c2)=C(C)C1. The summed E-state index contributed by atoms with van der Waals surface area (Å²) in [5, 5.41) is 7.45. The van der Waals surface area contributed by atoms with Gasteiger partial charge in [0, 0.05) is 38.2 Å². The van der Waals surface area contributed by atoms with E-state index in [2.05, 4.69) is 16.9 Å². The van der Waals surface area contributed by atoms with E-state index in [1.807, 2.05) is 13.0 Å². The van der Waals surface area contributed by atoms with E-state index >= 15 is 0 Å². The van der Waals surface area contributed by atoms with Crippen molar-refractivity contribution in [3.63, 3.8) is 0 Å². The van der Waals surface area contributed by atoms with E-state index in [0.717, 1.165) is 16.7 Å². The van der Waals surface area contributed by atoms with Crippen LogP contribution in [0.1, 0.15) is 25.3 Å². The highest BCUT2D eigenvalue weighted by atomic mass is 19.3. The molecule has 1 fully saturated rings. The van der Waals surface area contributed by atoms with Gasteiger partial charge in [-0.25, -0.2) is 13.2 Å². The van der Waals surface area contributed by atoms with Gasteiger partial charge in [0.15, 0.2) is 11.6 Å². The summed E-state index contributed by atoms with van der Waals surface area (Å²) in [6.07, 6.45) is 3.61. The third-order valence-corrected chi connectivity index (χ3v) is 4.65. The highest BCUT2D eigenvalue weighted by Gasteiger charge is 2.57. The van der Waals surface area contributed by atoms with Crippen molar-refractivity contribution >= 4 is 18.1 Å². The number of methoxy groups -OCH3 is 1. The molecule has 138 valence electrons. The molecule has 0 saturated heterocycles. The predicted octanol–water partition coefficient (Wildman–Crippen LogP) is 4.50. The lowest BCUT2D eigenvalue weighted by Gasteiger charge is -2.27. The van der Waals surface area contributed by atoms with Crippen molar-refractivity contribution in [1.29, 1.82) is 0 Å². The minimum atomic E-state index is -2.61. The van der Waals surface area contributed by atoms with E-state index < -0.39 is 17.7 Å². The van der Waals surface area contributed by atoms with E-state index in [-0.39, 0.29) is 18.6 Å². The summed E-state index contributed by atoms with van der Waals surface area (Å²) < 4.78 is 45.4. The molecule has 4 nitrogen and oxygen atoms in total. The third kappa shape index (κ3) is 3.66. The Morgan fingerprint density at radius 3 is 2.69 bits per heavy atom. The molecule has 3 rings (SSSR count). The molecule has 0 bridgehead atoms. The largest absolute Gasteiger partial charge is 0.494 e. The van der Waals surface area contributed by atoms with Crippen molar-refractivity contribution in [2.45, 2.75) is 25.7 Å². The van der Waals surface area contributed by atoms with Crippen LogP contribution in [-0.2, 0) is 0 Å². The molecule has 1 aliphatic heterocycles. The Kier molecular flexibility index (Phi) is 4.89. The first-order chi connectivity index (χ1) is 12.4. The molecular weight excluding hydrogens is 343 g/mol. The van der Waals surface area contributed by atoms with Crippen LogP contribution in [0.25, 0.3) is 5.57 Å². The van der Waals surface area contributed by atoms with Crippen LogP contribution < -0.4 is 4.74 Å². The van der Waals surface area contributed by atoms with Gasteiger partial charge in [-0.15, -0.1) is 5.10 Å². The number of ether oxygens (including phenoxy) is 1. The molecule has 0 aromatic heterocycles. The fourth-order valence-electron chi connectivity index (χ4n) is 3.06. The van der Waals surface area contributed by atoms with Gasteiger partial charge in [-0.1, -0.05) is 6.07 Å². The molecular formula is C19H20F3N3O. The number of rotatable bonds is 5. The maximum absolute atomic E-state index is 14.0. The molecule has 2 aliphatic rings. The molecule has 0 spiro atoms. The van der Waals surface area contributed by atoms with Crippen LogP contribution >= 0.6 is 0 Å². The average molecular weight is 363 g/mol. The van der Waals surface area contributed by atoms with Crippen LogP contribution in [0.2, 0.25) is 0 Å². The quantitative estimate of drug-likeness (QED) is 0.439. The van der Waals surface area contributed by atoms with Crippen LogP contribution in [0.4, 0.5) is 13.2 Å². The summed E-state index contributed by atoms with van der Waals surface area (Å²) in [5.74, 6) is -3.10. The number of benzene rings is 1. The second-order valence-electron chi connectivity index (χ2n) is 6.51. The number of nitrogens with zero attached hydrogens (tertiary/aromatic N) is 3. The Balaban J connectivity index is 1.78. The number of hydrogen-bond donors (Lipinski definition) is 0. The summed E-state index contributed by atoms with van der Waals surface area (Å²) in [4.78, 5) is 1.78. The summed E-state index contributed by atoms with van der Waals surface area (Å²) in [5.41, 5.74) is 2.58. The zero-order valence-corrected chi connectivity index (χ0v) is 14.7. The van der Waals surface area contributed by atoms with E-state index in [0.29, 0.717) is 12.4 Å². The van der Waals surface area contributed by atoms with Gasteiger partial charge in [0.25, 0.3) is 5.92 Å². The average Bonchev–Trinajstić information content (AvgIpc) is 3.20. The zero-order valence-electron chi connectivity index (χ0n) is 14.7. The normalized spacial score (nSPS) is 21.8. The first-order valence-electron chi connectivity index (χ1n) is 8.24. The first-order valence-corrected chi connectivity index (χ1v) is 8.24. The third-order valence-electron chi connectivity index (χ3n) is 4.65. The van der Waals surface area contributed by atoms with Crippen molar-refractivity contribution in [1.82, 2.24) is 4.90 Å². The summed E-state index contributed by atoms with van der Waals surface area (Å²) >= 11 is 0. The Labute approximate surface area is 150 Å². The van der Waals surface area contributed by atoms with Crippen LogP contribution in [0.15, 0.2) is 46.3 Å². The van der Waals surface area contributed by atoms with Gasteiger partial charge >= 0.3 is 0 Å². The van der Waals surface area contributed by atoms with Gasteiger partial charge in [-0.2, -0.15) is 5.10 Å². The second-order valence-corrected chi connectivity index (χ2v) is 6.51. The lowest BCUT2D eigenvalue weighted by Crippen LogP contribution is -2.30. The highest BCUT2D eigenvalue weighted by Crippen LogP contribution is 2.51. The molecule has 1 unspecified atom stereocenters. The smallest absolute Gasteiger partial charge is 0.252 e. The molecule has 1 aliphatic carbocycles. The Morgan fingerprint density at radius 1 is 1.42 bits per heavy atom. The standard InChI is InChI=1S/C19H20F3N3O/c1-12-11-25(18(24-23-2)9-14-10-19(14,21)22)7-6-15(12)13-4-5-17(26-3)16(20)8-13/h4-8,14H,2,9-11H2,1,3H3/b24-18-. The Bertz CT molecular complexity index is 814. The molecule has 1 heterocycles. The minimum Gasteiger partial charge on any atom is -0.494 e. The van der Waals surface area contributed by atoms with Gasteiger partial charge in [-0.05, 0) is 41.8 Å². The predicted molar refractivity (Wildman–Crippen MR) is 96.0 cm³/mol. The number of allylic oxidation sites excluding steroid dienone is 2. The monoisotopic (exact) mass is 363 g/mol. The minimum absolute atomic E-state index is 0.119. The molecule has 7 heteroatoms. The number of hydrogen-bond acceptors (Lipinski definition) is 3. The molecule has 0 amide bonds. The van der Waals surface area contributed by atoms with E-state index in [1.165, 1.54) is 13.2 Å². The van der Waals surface area contributed by atoms with E-state index in [4.69, 9.17) is 4.74 Å². The van der Waals surface area contributed by atoms with Crippen molar-refractivity contribution in [2.75, 3.05) is 13.7 Å². The number of amidine groups is 1. The van der Waals surface area contributed by atoms with Crippen molar-refractivity contribution in [2.24, 2.45) is 16.1 Å². The number of halogens is 3. The van der Waals surface area contributed by atoms with Gasteiger partial charge in [0.05, 0.1) is 7.11 Å². The lowest BCUT2D eigenvalue weighted by molar-refractivity contribution is 0.0998. The van der Waals surface area contributed by atoms with E-state index in [1.54, 1.807) is 23.2 Å². The fraction of sp³-hybridized carbons (Fsp3) is 0.368. The molecule has 0 radical (unpaired) electrons. The summed E-state index contributed by atoms with van der Waals surface area (Å²) in [6, 6.07) is 4.78. The van der Waals surface area contributed by atoms with Crippen molar-refractivity contribution < 1.29 is 17.9 Å². The van der Waals surface area contributed by atoms with E-state index in [9.17, 15) is 13.2 Å². The van der Waals surface area contributed by atoms with Gasteiger partial charge in [0.2, 0.25) is 0 Å². The van der Waals surface area contributed by atoms with Crippen LogP contribution in [-0.4, -0.2) is 37.0 Å². The fourth-order valence-corrected chi connectivity index (χ4v) is 3.06. The molecule has 1 aromatic rings. The summed E-state index contributed by atoms with van der Waals surface area (Å²) in [7, 11) is 1.42. The Hall–Kier alpha value is -2.57. The first kappa shape index (κ1) is 18.2. The molecule has 1 atom stereocenters. The van der Waals surface area contributed by atoms with Crippen molar-refractivity contribution in [3.8, 4) is 5.75 Å². The molecule has 1 aromatic carbocycles. The second kappa shape index (κ2) is 6.97. The molecule has 26 heavy (non-hydrogen) atoms. The molecule has 0 N–H and O–H groups in total. The topological polar surface area (TPSA) is 37.2 Å². The molecule has 1 saturated carbocycles. The summed E-state index contributed by atoms with van der Waals surface area (Å²) in [6.45, 7) is 5.71. The Morgan fingerprint density at radius 2 is 2.15 bits per heavy atom. The van der Waals surface area contributed by atoms with Crippen LogP contribution in [0.3, 0.4) is 0 Å². The van der Waals surface area contributed by atoms with Crippen LogP contribution in [0, 0.1) is 11.7 Å². The maximum atomic E-state index is 14.0. The van der Waals surface area contributed by atoms with Gasteiger partial charge in [0.1, 0.15) is 5.84 Å². The number of alkyl halides is 2. The van der Waals surface area contributed by atoms with Crippen LogP contribution in [0.5, 0.6) is 5.75 Å². The maximum Gasteiger partial charge on any atom is 0.252 e.